The number of carbonyl (C=O) groups is 2. The van der Waals surface area contributed by atoms with E-state index >= 15 is 0 Å². The first-order chi connectivity index (χ1) is 21.3. The molecule has 1 N–H and O–H groups in total. The molecule has 12 heteroatoms. The number of thiocarbonyl (C=S) groups is 1. The summed E-state index contributed by atoms with van der Waals surface area (Å²) in [6.45, 7) is 4.96. The fourth-order valence-electron chi connectivity index (χ4n) is 5.53. The van der Waals surface area contributed by atoms with Gasteiger partial charge in [-0.1, -0.05) is 11.6 Å². The summed E-state index contributed by atoms with van der Waals surface area (Å²) in [4.78, 5) is 34.8. The standard InChI is InChI=1S/C32H35ClFN5O4S/c1-42-26-11-8-24(9-12-26)37-18-16-36(17-19-37)14-3-15-38-28(21-30(40)35-23-6-4-22(34)5-7-23)31(41)39(32(38)44)25-10-13-29(43-2)27(33)20-25/h4-13,20,28H,3,14-19,21H2,1-2H3,(H,35,40)/t28-/m0/s1. The maximum Gasteiger partial charge on any atom is 0.256 e. The molecular weight excluding hydrogens is 605 g/mol. The van der Waals surface area contributed by atoms with Gasteiger partial charge in [0.2, 0.25) is 5.91 Å². The maximum absolute atomic E-state index is 13.8. The van der Waals surface area contributed by atoms with Crippen LogP contribution in [-0.4, -0.2) is 86.3 Å². The number of hydrogen-bond acceptors (Lipinski definition) is 7. The molecule has 0 saturated carbocycles. The molecule has 2 saturated heterocycles. The molecule has 44 heavy (non-hydrogen) atoms. The van der Waals surface area contributed by atoms with Crippen LogP contribution in [0.5, 0.6) is 11.5 Å². The van der Waals surface area contributed by atoms with E-state index in [2.05, 4.69) is 27.2 Å². The lowest BCUT2D eigenvalue weighted by molar-refractivity contribution is -0.124. The average molecular weight is 640 g/mol. The molecule has 2 amide bonds. The Hall–Kier alpha value is -3.93. The first kappa shape index (κ1) is 31.5. The van der Waals surface area contributed by atoms with Gasteiger partial charge in [-0.15, -0.1) is 0 Å². The summed E-state index contributed by atoms with van der Waals surface area (Å²) >= 11 is 12.2. The van der Waals surface area contributed by atoms with E-state index in [1.54, 1.807) is 25.3 Å². The third-order valence-corrected chi connectivity index (χ3v) is 8.61. The van der Waals surface area contributed by atoms with Crippen molar-refractivity contribution in [1.82, 2.24) is 9.80 Å². The Kier molecular flexibility index (Phi) is 10.2. The van der Waals surface area contributed by atoms with Crippen molar-refractivity contribution in [2.24, 2.45) is 0 Å². The molecular formula is C32H35ClFN5O4S. The minimum Gasteiger partial charge on any atom is -0.497 e. The van der Waals surface area contributed by atoms with Crippen LogP contribution in [0.25, 0.3) is 0 Å². The van der Waals surface area contributed by atoms with E-state index in [9.17, 15) is 14.0 Å². The minimum absolute atomic E-state index is 0.114. The third-order valence-electron chi connectivity index (χ3n) is 7.90. The molecule has 2 aliphatic rings. The highest BCUT2D eigenvalue weighted by Gasteiger charge is 2.44. The number of carbonyl (C=O) groups excluding carboxylic acids is 2. The summed E-state index contributed by atoms with van der Waals surface area (Å²) in [5.41, 5.74) is 2.13. The lowest BCUT2D eigenvalue weighted by Gasteiger charge is -2.36. The SMILES string of the molecule is COc1ccc(N2CCN(CCCN3C(=S)N(c4ccc(OC)c(Cl)c4)C(=O)[C@@H]3CC(=O)Nc3ccc(F)cc3)CC2)cc1. The van der Waals surface area contributed by atoms with Crippen molar-refractivity contribution in [2.45, 2.75) is 18.9 Å². The van der Waals surface area contributed by atoms with Gasteiger partial charge in [-0.25, -0.2) is 4.39 Å². The van der Waals surface area contributed by atoms with Gasteiger partial charge in [0.15, 0.2) is 5.11 Å². The molecule has 9 nitrogen and oxygen atoms in total. The topological polar surface area (TPSA) is 77.6 Å². The van der Waals surface area contributed by atoms with E-state index in [1.165, 1.54) is 42.0 Å². The van der Waals surface area contributed by atoms with Crippen molar-refractivity contribution in [1.29, 1.82) is 0 Å². The van der Waals surface area contributed by atoms with Crippen molar-refractivity contribution in [2.75, 3.05) is 68.6 Å². The van der Waals surface area contributed by atoms with Crippen LogP contribution < -0.4 is 24.6 Å². The predicted molar refractivity (Wildman–Crippen MR) is 174 cm³/mol. The average Bonchev–Trinajstić information content (AvgIpc) is 3.26. The number of rotatable bonds is 11. The van der Waals surface area contributed by atoms with Gasteiger partial charge >= 0.3 is 0 Å². The highest BCUT2D eigenvalue weighted by molar-refractivity contribution is 7.80. The van der Waals surface area contributed by atoms with Crippen LogP contribution in [-0.2, 0) is 9.59 Å². The Morgan fingerprint density at radius 2 is 1.64 bits per heavy atom. The van der Waals surface area contributed by atoms with E-state index in [0.29, 0.717) is 33.8 Å². The molecule has 0 aliphatic carbocycles. The summed E-state index contributed by atoms with van der Waals surface area (Å²) in [6.07, 6.45) is 0.639. The van der Waals surface area contributed by atoms with Crippen molar-refractivity contribution >= 4 is 57.8 Å². The quantitative estimate of drug-likeness (QED) is 0.293. The van der Waals surface area contributed by atoms with E-state index in [4.69, 9.17) is 33.3 Å². The third kappa shape index (κ3) is 7.23. The first-order valence-corrected chi connectivity index (χ1v) is 15.2. The maximum atomic E-state index is 13.8. The number of amides is 2. The largest absolute Gasteiger partial charge is 0.497 e. The molecule has 0 radical (unpaired) electrons. The van der Waals surface area contributed by atoms with E-state index in [1.807, 2.05) is 17.0 Å². The van der Waals surface area contributed by atoms with Gasteiger partial charge in [0, 0.05) is 44.1 Å². The van der Waals surface area contributed by atoms with Crippen LogP contribution in [0.1, 0.15) is 12.8 Å². The van der Waals surface area contributed by atoms with Gasteiger partial charge in [0.05, 0.1) is 31.4 Å². The van der Waals surface area contributed by atoms with Crippen LogP contribution in [0.4, 0.5) is 21.5 Å². The van der Waals surface area contributed by atoms with Gasteiger partial charge < -0.3 is 24.6 Å². The number of anilines is 3. The van der Waals surface area contributed by atoms with E-state index in [0.717, 1.165) is 44.9 Å². The summed E-state index contributed by atoms with van der Waals surface area (Å²) in [5.74, 6) is 0.241. The number of hydrogen-bond donors (Lipinski definition) is 1. The summed E-state index contributed by atoms with van der Waals surface area (Å²) in [5, 5.41) is 3.42. The Balaban J connectivity index is 1.23. The van der Waals surface area contributed by atoms with Crippen LogP contribution in [0.2, 0.25) is 5.02 Å². The molecule has 3 aromatic carbocycles. The second-order valence-electron chi connectivity index (χ2n) is 10.6. The lowest BCUT2D eigenvalue weighted by Crippen LogP contribution is -2.47. The van der Waals surface area contributed by atoms with Crippen molar-refractivity contribution in [3.63, 3.8) is 0 Å². The van der Waals surface area contributed by atoms with Gasteiger partial charge in [0.1, 0.15) is 23.4 Å². The van der Waals surface area contributed by atoms with Gasteiger partial charge in [0.25, 0.3) is 5.91 Å². The highest BCUT2D eigenvalue weighted by atomic mass is 35.5. The summed E-state index contributed by atoms with van der Waals surface area (Å²) < 4.78 is 23.9. The van der Waals surface area contributed by atoms with Gasteiger partial charge in [-0.05, 0) is 91.9 Å². The number of halogens is 2. The molecule has 232 valence electrons. The van der Waals surface area contributed by atoms with Crippen molar-refractivity contribution in [3.8, 4) is 11.5 Å². The molecule has 2 aliphatic heterocycles. The minimum atomic E-state index is -0.796. The molecule has 5 rings (SSSR count). The van der Waals surface area contributed by atoms with Gasteiger partial charge in [-0.2, -0.15) is 0 Å². The fourth-order valence-corrected chi connectivity index (χ4v) is 6.19. The molecule has 0 aromatic heterocycles. The van der Waals surface area contributed by atoms with Crippen molar-refractivity contribution in [3.05, 3.63) is 77.6 Å². The fraction of sp³-hybridized carbons (Fsp3) is 0.344. The molecule has 0 unspecified atom stereocenters. The molecule has 0 bridgehead atoms. The molecule has 0 spiro atoms. The number of ether oxygens (including phenoxy) is 2. The molecule has 2 heterocycles. The van der Waals surface area contributed by atoms with E-state index < -0.39 is 11.9 Å². The first-order valence-electron chi connectivity index (χ1n) is 14.4. The highest BCUT2D eigenvalue weighted by Crippen LogP contribution is 2.33. The Morgan fingerprint density at radius 1 is 0.955 bits per heavy atom. The number of nitrogens with one attached hydrogen (secondary N) is 1. The number of methoxy groups -OCH3 is 2. The smallest absolute Gasteiger partial charge is 0.256 e. The zero-order valence-electron chi connectivity index (χ0n) is 24.7. The Labute approximate surface area is 267 Å². The second kappa shape index (κ2) is 14.2. The summed E-state index contributed by atoms with van der Waals surface area (Å²) in [6, 6.07) is 17.8. The summed E-state index contributed by atoms with van der Waals surface area (Å²) in [7, 11) is 3.18. The zero-order valence-corrected chi connectivity index (χ0v) is 26.2. The molecule has 2 fully saturated rings. The molecule has 3 aromatic rings. The van der Waals surface area contributed by atoms with Gasteiger partial charge in [-0.3, -0.25) is 19.4 Å². The van der Waals surface area contributed by atoms with Crippen LogP contribution in [0.3, 0.4) is 0 Å². The van der Waals surface area contributed by atoms with Crippen LogP contribution >= 0.6 is 23.8 Å². The Morgan fingerprint density at radius 3 is 2.27 bits per heavy atom. The van der Waals surface area contributed by atoms with E-state index in [-0.39, 0.29) is 18.2 Å². The normalized spacial score (nSPS) is 17.3. The number of piperazine rings is 1. The van der Waals surface area contributed by atoms with Crippen LogP contribution in [0.15, 0.2) is 66.7 Å². The predicted octanol–water partition coefficient (Wildman–Crippen LogP) is 5.04. The second-order valence-corrected chi connectivity index (χ2v) is 11.4. The zero-order chi connectivity index (χ0) is 31.2. The van der Waals surface area contributed by atoms with Crippen LogP contribution in [0, 0.1) is 5.82 Å². The monoisotopic (exact) mass is 639 g/mol. The molecule has 1 atom stereocenters. The Bertz CT molecular complexity index is 1480. The number of benzene rings is 3. The van der Waals surface area contributed by atoms with Crippen molar-refractivity contribution < 1.29 is 23.5 Å². The lowest BCUT2D eigenvalue weighted by atomic mass is 10.1. The number of nitrogens with zero attached hydrogens (tertiary/aromatic N) is 4.